The maximum atomic E-state index is 9.35. The van der Waals surface area contributed by atoms with Crippen LogP contribution in [-0.2, 0) is 0 Å². The van der Waals surface area contributed by atoms with Gasteiger partial charge in [-0.25, -0.2) is 0 Å². The molecule has 0 radical (unpaired) electrons. The van der Waals surface area contributed by atoms with Crippen molar-refractivity contribution in [1.29, 1.82) is 0 Å². The van der Waals surface area contributed by atoms with Gasteiger partial charge in [-0.15, -0.1) is 0 Å². The molecule has 3 heterocycles. The first kappa shape index (κ1) is 23.4. The number of rotatable bonds is 3. The van der Waals surface area contributed by atoms with Crippen molar-refractivity contribution in [2.24, 2.45) is 0 Å². The highest BCUT2D eigenvalue weighted by molar-refractivity contribution is 6.27. The van der Waals surface area contributed by atoms with Crippen molar-refractivity contribution in [3.05, 3.63) is 164 Å². The first-order valence-electron chi connectivity index (χ1n) is 15.9. The molecule has 10 aromatic rings. The molecule has 3 heteroatoms. The Balaban J connectivity index is 1.57. The largest absolute Gasteiger partial charge is 0.309 e. The van der Waals surface area contributed by atoms with E-state index in [0.717, 1.165) is 60.9 Å². The normalized spacial score (nSPS) is 12.3. The number of aromatic nitrogens is 3. The molecule has 3 aromatic heterocycles. The maximum Gasteiger partial charge on any atom is 0.0662 e. The highest BCUT2D eigenvalue weighted by Gasteiger charge is 2.25. The first-order valence-corrected chi connectivity index (χ1v) is 15.4. The van der Waals surface area contributed by atoms with Gasteiger partial charge < -0.3 is 13.7 Å². The molecular weight excluding hydrogens is 546 g/mol. The lowest BCUT2D eigenvalue weighted by Gasteiger charge is -2.15. The van der Waals surface area contributed by atoms with Crippen LogP contribution in [0.3, 0.4) is 0 Å². The van der Waals surface area contributed by atoms with Gasteiger partial charge in [0.25, 0.3) is 0 Å². The third kappa shape index (κ3) is 3.30. The minimum absolute atomic E-state index is 0.519. The van der Waals surface area contributed by atoms with Crippen molar-refractivity contribution < 1.29 is 1.37 Å². The van der Waals surface area contributed by atoms with Crippen LogP contribution in [0.5, 0.6) is 0 Å². The number of nitrogens with zero attached hydrogens (tertiary/aromatic N) is 3. The molecule has 0 spiro atoms. The van der Waals surface area contributed by atoms with Gasteiger partial charge in [-0.05, 0) is 54.6 Å². The summed E-state index contributed by atoms with van der Waals surface area (Å²) in [7, 11) is 0. The van der Waals surface area contributed by atoms with Crippen molar-refractivity contribution in [3.8, 4) is 17.1 Å². The standard InChI is InChI=1S/C42H27N3/c1-3-15-28(16-4-1)43-36-25-13-9-21-32(36)40-38(43)27-39-41(33-22-10-14-26-37(33)44(39)29-17-5-2-6-18-29)42(40)45-34-23-11-7-19-30(34)31-20-8-12-24-35(31)45/h1-27H/i21D. The molecule has 210 valence electrons. The molecule has 7 aromatic carbocycles. The second kappa shape index (κ2) is 9.22. The predicted octanol–water partition coefficient (Wildman–Crippen LogP) is 11.0. The lowest BCUT2D eigenvalue weighted by molar-refractivity contribution is 1.16. The summed E-state index contributed by atoms with van der Waals surface area (Å²) >= 11 is 0. The highest BCUT2D eigenvalue weighted by Crippen LogP contribution is 2.46. The zero-order valence-corrected chi connectivity index (χ0v) is 24.4. The molecule has 0 N–H and O–H groups in total. The molecule has 0 aliphatic heterocycles. The van der Waals surface area contributed by atoms with Gasteiger partial charge in [-0.2, -0.15) is 0 Å². The van der Waals surface area contributed by atoms with Gasteiger partial charge in [0.15, 0.2) is 0 Å². The first-order chi connectivity index (χ1) is 22.8. The van der Waals surface area contributed by atoms with Crippen LogP contribution in [0.2, 0.25) is 0 Å². The Labute approximate surface area is 260 Å². The average Bonchev–Trinajstić information content (AvgIpc) is 3.74. The number of hydrogen-bond donors (Lipinski definition) is 0. The Morgan fingerprint density at radius 1 is 0.333 bits per heavy atom. The highest BCUT2D eigenvalue weighted by atomic mass is 15.0. The summed E-state index contributed by atoms with van der Waals surface area (Å²) in [5.74, 6) is 0. The summed E-state index contributed by atoms with van der Waals surface area (Å²) < 4.78 is 16.5. The fourth-order valence-electron chi connectivity index (χ4n) is 7.56. The number of hydrogen-bond acceptors (Lipinski definition) is 0. The Morgan fingerprint density at radius 2 is 0.733 bits per heavy atom. The van der Waals surface area contributed by atoms with Crippen LogP contribution in [0.15, 0.2) is 164 Å². The second-order valence-corrected chi connectivity index (χ2v) is 11.7. The second-order valence-electron chi connectivity index (χ2n) is 11.7. The molecule has 0 atom stereocenters. The van der Waals surface area contributed by atoms with Gasteiger partial charge in [-0.1, -0.05) is 109 Å². The molecule has 10 rings (SSSR count). The molecule has 0 amide bonds. The van der Waals surface area contributed by atoms with Crippen LogP contribution in [-0.4, -0.2) is 13.7 Å². The van der Waals surface area contributed by atoms with Crippen molar-refractivity contribution >= 4 is 65.4 Å². The van der Waals surface area contributed by atoms with Crippen molar-refractivity contribution in [1.82, 2.24) is 13.7 Å². The van der Waals surface area contributed by atoms with E-state index in [0.29, 0.717) is 6.04 Å². The monoisotopic (exact) mass is 574 g/mol. The topological polar surface area (TPSA) is 14.8 Å². The maximum absolute atomic E-state index is 9.35. The molecular formula is C42H27N3. The van der Waals surface area contributed by atoms with Crippen LogP contribution in [0.25, 0.3) is 82.5 Å². The van der Waals surface area contributed by atoms with Gasteiger partial charge >= 0.3 is 0 Å². The van der Waals surface area contributed by atoms with E-state index in [1.165, 1.54) is 21.5 Å². The van der Waals surface area contributed by atoms with E-state index in [9.17, 15) is 1.37 Å². The lowest BCUT2D eigenvalue weighted by atomic mass is 10.0. The van der Waals surface area contributed by atoms with Crippen LogP contribution >= 0.6 is 0 Å². The van der Waals surface area contributed by atoms with Gasteiger partial charge in [0, 0.05) is 43.7 Å². The third-order valence-corrected chi connectivity index (χ3v) is 9.31. The molecule has 45 heavy (non-hydrogen) atoms. The van der Waals surface area contributed by atoms with Gasteiger partial charge in [0.1, 0.15) is 0 Å². The average molecular weight is 575 g/mol. The molecule has 0 aliphatic rings. The molecule has 0 saturated heterocycles. The number of fused-ring (bicyclic) bond motifs is 9. The van der Waals surface area contributed by atoms with E-state index >= 15 is 0 Å². The van der Waals surface area contributed by atoms with E-state index in [-0.39, 0.29) is 0 Å². The lowest BCUT2D eigenvalue weighted by Crippen LogP contribution is -1.99. The Kier molecular flexibility index (Phi) is 4.79. The van der Waals surface area contributed by atoms with Crippen LogP contribution in [0.4, 0.5) is 0 Å². The summed E-state index contributed by atoms with van der Waals surface area (Å²) in [6.45, 7) is 0. The SMILES string of the molecule is [2H]c1cccc2c1c1c(-n3c4ccccc4c4ccccc43)c3c4ccccc4n(-c4ccccc4)c3cc1n2-c1ccccc1. The van der Waals surface area contributed by atoms with E-state index in [4.69, 9.17) is 0 Å². The Bertz CT molecular complexity index is 2750. The van der Waals surface area contributed by atoms with Crippen LogP contribution in [0, 0.1) is 0 Å². The van der Waals surface area contributed by atoms with E-state index in [1.807, 2.05) is 12.1 Å². The predicted molar refractivity (Wildman–Crippen MR) is 189 cm³/mol. The molecule has 0 aliphatic carbocycles. The molecule has 0 bridgehead atoms. The summed E-state index contributed by atoms with van der Waals surface area (Å²) in [4.78, 5) is 0. The minimum atomic E-state index is 0.519. The fourth-order valence-corrected chi connectivity index (χ4v) is 7.56. The molecule has 3 nitrogen and oxygen atoms in total. The van der Waals surface area contributed by atoms with Gasteiger partial charge in [-0.3, -0.25) is 0 Å². The smallest absolute Gasteiger partial charge is 0.0662 e. The zero-order chi connectivity index (χ0) is 30.4. The molecule has 0 saturated carbocycles. The molecule has 0 fully saturated rings. The van der Waals surface area contributed by atoms with E-state index in [1.54, 1.807) is 0 Å². The van der Waals surface area contributed by atoms with Crippen molar-refractivity contribution in [3.63, 3.8) is 0 Å². The quantitative estimate of drug-likeness (QED) is 0.199. The fraction of sp³-hybridized carbons (Fsp3) is 0. The van der Waals surface area contributed by atoms with E-state index in [2.05, 4.69) is 159 Å². The van der Waals surface area contributed by atoms with Gasteiger partial charge in [0.2, 0.25) is 0 Å². The summed E-state index contributed by atoms with van der Waals surface area (Å²) in [6.07, 6.45) is 0. The number of para-hydroxylation sites is 6. The molecule has 0 unspecified atom stereocenters. The van der Waals surface area contributed by atoms with E-state index < -0.39 is 0 Å². The minimum Gasteiger partial charge on any atom is -0.309 e. The third-order valence-electron chi connectivity index (χ3n) is 9.31. The zero-order valence-electron chi connectivity index (χ0n) is 25.4. The van der Waals surface area contributed by atoms with Crippen LogP contribution < -0.4 is 0 Å². The van der Waals surface area contributed by atoms with Crippen molar-refractivity contribution in [2.75, 3.05) is 0 Å². The Hall–Kier alpha value is -6.06. The van der Waals surface area contributed by atoms with Crippen LogP contribution in [0.1, 0.15) is 1.37 Å². The Morgan fingerprint density at radius 3 is 1.29 bits per heavy atom. The summed E-state index contributed by atoms with van der Waals surface area (Å²) in [5, 5.41) is 6.83. The van der Waals surface area contributed by atoms with Crippen molar-refractivity contribution in [2.45, 2.75) is 0 Å². The summed E-state index contributed by atoms with van der Waals surface area (Å²) in [5.41, 5.74) is 9.98. The number of benzene rings is 7. The summed E-state index contributed by atoms with van der Waals surface area (Å²) in [6, 6.07) is 56.3. The van der Waals surface area contributed by atoms with Gasteiger partial charge in [0.05, 0.1) is 40.2 Å².